The average molecular weight is 1070 g/mol. The molecule has 0 radical (unpaired) electrons. The van der Waals surface area contributed by atoms with E-state index in [4.69, 9.17) is 18.9 Å². The lowest BCUT2D eigenvalue weighted by molar-refractivity contribution is -0.359. The maximum absolute atomic E-state index is 13.1. The Bertz CT molecular complexity index is 1350. The molecular formula is C61H115NO13. The number of rotatable bonds is 50. The molecule has 0 saturated carbocycles. The van der Waals surface area contributed by atoms with Crippen LogP contribution in [0.1, 0.15) is 264 Å². The van der Waals surface area contributed by atoms with Gasteiger partial charge in [-0.3, -0.25) is 4.79 Å². The van der Waals surface area contributed by atoms with Crippen LogP contribution in [0.25, 0.3) is 0 Å². The van der Waals surface area contributed by atoms with Gasteiger partial charge in [0.05, 0.1) is 32.0 Å². The van der Waals surface area contributed by atoms with E-state index in [0.717, 1.165) is 32.1 Å². The van der Waals surface area contributed by atoms with Crippen LogP contribution in [0.3, 0.4) is 0 Å². The standard InChI is InChI=1S/C61H115NO13/c1-3-5-7-9-11-13-14-15-16-17-18-19-20-21-22-23-24-25-26-27-28-29-30-31-32-33-34-35-36-37-38-40-42-44-50(65)49(62-53(66)45-43-41-39-12-10-8-6-4-2)48-72-60-58(71)56(69)59(52(47-64)74-60)75-61-57(70)55(68)54(67)51(46-63)73-61/h36-37,42,44,49-52,54-61,63-65,67-71H,3-35,38-41,43,45-48H2,1-2H3,(H,62,66)/b37-36+,44-42+. The molecule has 0 aliphatic carbocycles. The molecule has 14 nitrogen and oxygen atoms in total. The number of aliphatic hydroxyl groups excluding tert-OH is 8. The van der Waals surface area contributed by atoms with Crippen LogP contribution < -0.4 is 5.32 Å². The van der Waals surface area contributed by atoms with Crippen molar-refractivity contribution in [1.29, 1.82) is 0 Å². The number of amides is 1. The first kappa shape index (κ1) is 69.6. The fraction of sp³-hybridized carbons (Fsp3) is 0.918. The summed E-state index contributed by atoms with van der Waals surface area (Å²) < 4.78 is 22.7. The van der Waals surface area contributed by atoms with Crippen LogP contribution in [-0.4, -0.2) is 140 Å². The van der Waals surface area contributed by atoms with Gasteiger partial charge >= 0.3 is 0 Å². The second kappa shape index (κ2) is 47.3. The largest absolute Gasteiger partial charge is 0.394 e. The summed E-state index contributed by atoms with van der Waals surface area (Å²) in [4.78, 5) is 13.1. The summed E-state index contributed by atoms with van der Waals surface area (Å²) >= 11 is 0. The maximum atomic E-state index is 13.1. The molecule has 0 aromatic heterocycles. The summed E-state index contributed by atoms with van der Waals surface area (Å²) in [5.41, 5.74) is 0. The van der Waals surface area contributed by atoms with E-state index in [9.17, 15) is 45.6 Å². The number of allylic oxidation sites excluding steroid dienone is 3. The Morgan fingerprint density at radius 2 is 0.853 bits per heavy atom. The van der Waals surface area contributed by atoms with Crippen LogP contribution in [0.15, 0.2) is 24.3 Å². The van der Waals surface area contributed by atoms with Crippen molar-refractivity contribution >= 4 is 5.91 Å². The van der Waals surface area contributed by atoms with Gasteiger partial charge < -0.3 is 65.1 Å². The third-order valence-corrected chi connectivity index (χ3v) is 15.4. The lowest BCUT2D eigenvalue weighted by Gasteiger charge is -2.46. The van der Waals surface area contributed by atoms with Crippen molar-refractivity contribution in [3.05, 3.63) is 24.3 Å². The van der Waals surface area contributed by atoms with E-state index in [1.807, 2.05) is 6.08 Å². The normalized spacial score (nSPS) is 25.1. The Balaban J connectivity index is 1.62. The molecular weight excluding hydrogens is 955 g/mol. The fourth-order valence-electron chi connectivity index (χ4n) is 10.4. The zero-order valence-corrected chi connectivity index (χ0v) is 47.6. The van der Waals surface area contributed by atoms with Crippen LogP contribution >= 0.6 is 0 Å². The summed E-state index contributed by atoms with van der Waals surface area (Å²) in [5.74, 6) is -0.252. The zero-order valence-electron chi connectivity index (χ0n) is 47.6. The summed E-state index contributed by atoms with van der Waals surface area (Å²) in [6.07, 6.45) is 40.0. The molecule has 2 aliphatic rings. The molecule has 0 bridgehead atoms. The minimum Gasteiger partial charge on any atom is -0.394 e. The maximum Gasteiger partial charge on any atom is 0.220 e. The molecule has 12 atom stereocenters. The van der Waals surface area contributed by atoms with Crippen molar-refractivity contribution in [3.63, 3.8) is 0 Å². The number of hydrogen-bond acceptors (Lipinski definition) is 13. The van der Waals surface area contributed by atoms with E-state index in [1.165, 1.54) is 199 Å². The van der Waals surface area contributed by atoms with Crippen molar-refractivity contribution in [1.82, 2.24) is 5.32 Å². The van der Waals surface area contributed by atoms with Gasteiger partial charge in [-0.1, -0.05) is 250 Å². The number of nitrogens with one attached hydrogen (secondary N) is 1. The van der Waals surface area contributed by atoms with Crippen LogP contribution in [0.4, 0.5) is 0 Å². The van der Waals surface area contributed by atoms with Crippen molar-refractivity contribution in [2.45, 2.75) is 338 Å². The molecule has 2 aliphatic heterocycles. The van der Waals surface area contributed by atoms with E-state index in [2.05, 4.69) is 31.3 Å². The van der Waals surface area contributed by atoms with Crippen LogP contribution in [0, 0.1) is 0 Å². The second-order valence-electron chi connectivity index (χ2n) is 22.2. The molecule has 1 amide bonds. The number of carbonyl (C=O) groups excluding carboxylic acids is 1. The van der Waals surface area contributed by atoms with Crippen molar-refractivity contribution < 1.29 is 64.6 Å². The quantitative estimate of drug-likeness (QED) is 0.0204. The molecule has 12 unspecified atom stereocenters. The number of carbonyl (C=O) groups is 1. The molecule has 2 fully saturated rings. The highest BCUT2D eigenvalue weighted by Gasteiger charge is 2.51. The summed E-state index contributed by atoms with van der Waals surface area (Å²) in [6.45, 7) is 2.75. The Labute approximate surface area is 456 Å². The second-order valence-corrected chi connectivity index (χ2v) is 22.2. The first-order chi connectivity index (χ1) is 36.6. The number of ether oxygens (including phenoxy) is 4. The third kappa shape index (κ3) is 33.0. The van der Waals surface area contributed by atoms with E-state index < -0.39 is 86.8 Å². The van der Waals surface area contributed by atoms with Crippen molar-refractivity contribution in [3.8, 4) is 0 Å². The predicted octanol–water partition coefficient (Wildman–Crippen LogP) is 10.8. The lowest BCUT2D eigenvalue weighted by atomic mass is 9.97. The first-order valence-electron chi connectivity index (χ1n) is 31.1. The van der Waals surface area contributed by atoms with Gasteiger partial charge in [-0.2, -0.15) is 0 Å². The molecule has 0 spiro atoms. The van der Waals surface area contributed by atoms with E-state index >= 15 is 0 Å². The monoisotopic (exact) mass is 1070 g/mol. The predicted molar refractivity (Wildman–Crippen MR) is 300 cm³/mol. The van der Waals surface area contributed by atoms with Crippen molar-refractivity contribution in [2.75, 3.05) is 19.8 Å². The Hall–Kier alpha value is -1.53. The number of hydrogen-bond donors (Lipinski definition) is 9. The van der Waals surface area contributed by atoms with Crippen LogP contribution in [-0.2, 0) is 23.7 Å². The minimum absolute atomic E-state index is 0.252. The van der Waals surface area contributed by atoms with Gasteiger partial charge in [0.25, 0.3) is 0 Å². The van der Waals surface area contributed by atoms with E-state index in [-0.39, 0.29) is 18.9 Å². The summed E-state index contributed by atoms with van der Waals surface area (Å²) in [5, 5.41) is 86.8. The first-order valence-corrected chi connectivity index (χ1v) is 31.1. The molecule has 2 rings (SSSR count). The fourth-order valence-corrected chi connectivity index (χ4v) is 10.4. The number of aliphatic hydroxyl groups is 8. The molecule has 14 heteroatoms. The van der Waals surface area contributed by atoms with Gasteiger partial charge in [-0.05, 0) is 32.1 Å². The summed E-state index contributed by atoms with van der Waals surface area (Å²) in [6, 6.07) is -0.926. The topological polar surface area (TPSA) is 228 Å². The van der Waals surface area contributed by atoms with Gasteiger partial charge in [0.2, 0.25) is 5.91 Å². The van der Waals surface area contributed by atoms with Gasteiger partial charge in [-0.25, -0.2) is 0 Å². The van der Waals surface area contributed by atoms with Crippen LogP contribution in [0.5, 0.6) is 0 Å². The van der Waals surface area contributed by atoms with Crippen LogP contribution in [0.2, 0.25) is 0 Å². The van der Waals surface area contributed by atoms with Gasteiger partial charge in [0, 0.05) is 6.42 Å². The number of unbranched alkanes of at least 4 members (excludes halogenated alkanes) is 35. The molecule has 2 heterocycles. The van der Waals surface area contributed by atoms with Gasteiger partial charge in [0.15, 0.2) is 12.6 Å². The molecule has 75 heavy (non-hydrogen) atoms. The minimum atomic E-state index is -1.79. The molecule has 0 aromatic carbocycles. The summed E-state index contributed by atoms with van der Waals surface area (Å²) in [7, 11) is 0. The smallest absolute Gasteiger partial charge is 0.220 e. The van der Waals surface area contributed by atoms with E-state index in [1.54, 1.807) is 6.08 Å². The van der Waals surface area contributed by atoms with Gasteiger partial charge in [-0.15, -0.1) is 0 Å². The van der Waals surface area contributed by atoms with Crippen molar-refractivity contribution in [2.24, 2.45) is 0 Å². The SMILES string of the molecule is CCCCCCCCCCCCCCCCCCCCCCCCCCCCC/C=C/CC/C=C/C(O)C(COC1OC(CO)C(OC2OC(CO)C(O)C(O)C2O)C(O)C1O)NC(=O)CCCCCCCCCC. The Morgan fingerprint density at radius 1 is 0.467 bits per heavy atom. The van der Waals surface area contributed by atoms with Gasteiger partial charge in [0.1, 0.15) is 48.8 Å². The molecule has 442 valence electrons. The Morgan fingerprint density at radius 3 is 1.31 bits per heavy atom. The average Bonchev–Trinajstić information content (AvgIpc) is 3.41. The lowest BCUT2D eigenvalue weighted by Crippen LogP contribution is -2.65. The third-order valence-electron chi connectivity index (χ3n) is 15.4. The highest BCUT2D eigenvalue weighted by Crippen LogP contribution is 2.30. The zero-order chi connectivity index (χ0) is 54.6. The highest BCUT2D eigenvalue weighted by molar-refractivity contribution is 5.76. The molecule has 2 saturated heterocycles. The molecule has 9 N–H and O–H groups in total. The Kier molecular flexibility index (Phi) is 43.9. The highest BCUT2D eigenvalue weighted by atomic mass is 16.7. The molecule has 0 aromatic rings. The van der Waals surface area contributed by atoms with E-state index in [0.29, 0.717) is 12.8 Å².